The second-order valence-corrected chi connectivity index (χ2v) is 9.03. The molecule has 2 aromatic carbocycles. The van der Waals surface area contributed by atoms with Gasteiger partial charge in [0.2, 0.25) is 21.8 Å². The van der Waals surface area contributed by atoms with Crippen molar-refractivity contribution in [2.24, 2.45) is 0 Å². The molecule has 0 unspecified atom stereocenters. The number of fused-ring (bicyclic) bond motifs is 1. The Morgan fingerprint density at radius 2 is 1.86 bits per heavy atom. The van der Waals surface area contributed by atoms with Crippen LogP contribution in [0.2, 0.25) is 0 Å². The second kappa shape index (κ2) is 7.38. The first-order chi connectivity index (χ1) is 13.4. The van der Waals surface area contributed by atoms with Gasteiger partial charge < -0.3 is 4.42 Å². The Morgan fingerprint density at radius 1 is 1.11 bits per heavy atom. The Bertz CT molecular complexity index is 1240. The zero-order valence-electron chi connectivity index (χ0n) is 14.7. The molecule has 0 aliphatic carbocycles. The minimum absolute atomic E-state index is 0.0826. The molecule has 4 aromatic rings. The summed E-state index contributed by atoms with van der Waals surface area (Å²) in [5.74, 6) is 0.128. The van der Waals surface area contributed by atoms with Crippen LogP contribution in [0.1, 0.15) is 16.8 Å². The van der Waals surface area contributed by atoms with E-state index in [1.165, 1.54) is 11.3 Å². The lowest BCUT2D eigenvalue weighted by Gasteiger charge is -2.03. The summed E-state index contributed by atoms with van der Waals surface area (Å²) in [5.41, 5.74) is 1.89. The second-order valence-electron chi connectivity index (χ2n) is 6.11. The van der Waals surface area contributed by atoms with Gasteiger partial charge in [-0.3, -0.25) is 0 Å². The maximum atomic E-state index is 15.0. The largest absolute Gasteiger partial charge is 0.423 e. The number of halogens is 1. The summed E-state index contributed by atoms with van der Waals surface area (Å²) in [7, 11) is -3.35. The van der Waals surface area contributed by atoms with Gasteiger partial charge in [0.25, 0.3) is 0 Å². The number of nitrogens with one attached hydrogen (secondary N) is 1. The number of rotatable bonds is 6. The van der Waals surface area contributed by atoms with E-state index in [1.807, 2.05) is 30.3 Å². The molecule has 144 valence electrons. The van der Waals surface area contributed by atoms with Gasteiger partial charge in [0.05, 0.1) is 29.4 Å². The first-order valence-corrected chi connectivity index (χ1v) is 11.0. The van der Waals surface area contributed by atoms with E-state index in [1.54, 1.807) is 12.1 Å². The number of sulfonamides is 1. The summed E-state index contributed by atoms with van der Waals surface area (Å²) >= 11 is 1.23. The van der Waals surface area contributed by atoms with Crippen molar-refractivity contribution < 1.29 is 17.2 Å². The van der Waals surface area contributed by atoms with Crippen LogP contribution in [0.15, 0.2) is 46.9 Å². The highest BCUT2D eigenvalue weighted by Gasteiger charge is 2.16. The first kappa shape index (κ1) is 18.7. The highest BCUT2D eigenvalue weighted by molar-refractivity contribution is 7.88. The molecule has 0 aliphatic heterocycles. The van der Waals surface area contributed by atoms with Gasteiger partial charge in [0.1, 0.15) is 10.8 Å². The van der Waals surface area contributed by atoms with Crippen molar-refractivity contribution in [2.75, 3.05) is 6.26 Å². The fourth-order valence-corrected chi connectivity index (χ4v) is 4.05. The minimum Gasteiger partial charge on any atom is -0.423 e. The van der Waals surface area contributed by atoms with Crippen molar-refractivity contribution in [3.8, 4) is 11.1 Å². The van der Waals surface area contributed by atoms with E-state index >= 15 is 0 Å². The van der Waals surface area contributed by atoms with E-state index < -0.39 is 10.0 Å². The lowest BCUT2D eigenvalue weighted by molar-refractivity contribution is 0.451. The Kier molecular flexibility index (Phi) is 4.92. The van der Waals surface area contributed by atoms with Gasteiger partial charge in [-0.15, -0.1) is 21.5 Å². The molecular weight excluding hydrogens is 403 g/mol. The van der Waals surface area contributed by atoms with Gasteiger partial charge in [-0.2, -0.15) is 0 Å². The number of benzene rings is 2. The van der Waals surface area contributed by atoms with Gasteiger partial charge in [-0.25, -0.2) is 22.5 Å². The molecule has 0 amide bonds. The van der Waals surface area contributed by atoms with Crippen LogP contribution in [-0.4, -0.2) is 29.9 Å². The Labute approximate surface area is 164 Å². The molecule has 1 N–H and O–H groups in total. The van der Waals surface area contributed by atoms with Crippen LogP contribution in [0.4, 0.5) is 4.39 Å². The minimum atomic E-state index is -3.35. The predicted octanol–water partition coefficient (Wildman–Crippen LogP) is 3.13. The van der Waals surface area contributed by atoms with E-state index in [0.29, 0.717) is 20.8 Å². The number of aromatic nitrogens is 3. The third kappa shape index (κ3) is 4.08. The summed E-state index contributed by atoms with van der Waals surface area (Å²) in [6.07, 6.45) is 1.29. The van der Waals surface area contributed by atoms with Gasteiger partial charge in [-0.1, -0.05) is 30.3 Å². The van der Waals surface area contributed by atoms with E-state index in [9.17, 15) is 12.8 Å². The highest BCUT2D eigenvalue weighted by Crippen LogP contribution is 2.32. The molecule has 10 heteroatoms. The summed E-state index contributed by atoms with van der Waals surface area (Å²) < 4.78 is 45.4. The van der Waals surface area contributed by atoms with Crippen LogP contribution in [0, 0.1) is 5.82 Å². The monoisotopic (exact) mass is 418 g/mol. The van der Waals surface area contributed by atoms with Gasteiger partial charge in [0, 0.05) is 5.56 Å². The molecule has 0 saturated carbocycles. The molecule has 0 atom stereocenters. The molecule has 28 heavy (non-hydrogen) atoms. The molecule has 0 aliphatic rings. The standard InChI is InChI=1S/C18H15FN4O3S2/c1-28(24,25)20-10-15-23-22-14(26-15)9-16-21-13-8-7-12(17(19)18(13)27-16)11-5-3-2-4-6-11/h2-8,20H,9-10H2,1H3. The highest BCUT2D eigenvalue weighted by atomic mass is 32.2. The van der Waals surface area contributed by atoms with Crippen LogP contribution in [-0.2, 0) is 23.0 Å². The van der Waals surface area contributed by atoms with Crippen molar-refractivity contribution in [3.63, 3.8) is 0 Å². The van der Waals surface area contributed by atoms with E-state index in [-0.39, 0.29) is 30.6 Å². The zero-order chi connectivity index (χ0) is 19.7. The normalized spacial score (nSPS) is 11.9. The lowest BCUT2D eigenvalue weighted by Crippen LogP contribution is -2.21. The number of hydrogen-bond donors (Lipinski definition) is 1. The molecule has 0 bridgehead atoms. The third-order valence-corrected chi connectivity index (χ3v) is 5.66. The summed E-state index contributed by atoms with van der Waals surface area (Å²) in [5, 5.41) is 8.32. The van der Waals surface area contributed by atoms with Gasteiger partial charge in [0.15, 0.2) is 0 Å². The fraction of sp³-hybridized carbons (Fsp3) is 0.167. The SMILES string of the molecule is CS(=O)(=O)NCc1nnc(Cc2nc3ccc(-c4ccccc4)c(F)c3s2)o1. The zero-order valence-corrected chi connectivity index (χ0v) is 16.3. The summed E-state index contributed by atoms with van der Waals surface area (Å²) in [6, 6.07) is 12.8. The van der Waals surface area contributed by atoms with Crippen molar-refractivity contribution in [1.29, 1.82) is 0 Å². The van der Waals surface area contributed by atoms with E-state index in [4.69, 9.17) is 4.42 Å². The molecule has 2 heterocycles. The Balaban J connectivity index is 1.57. The molecule has 0 radical (unpaired) electrons. The number of hydrogen-bond acceptors (Lipinski definition) is 7. The number of thiazole rings is 1. The van der Waals surface area contributed by atoms with Crippen molar-refractivity contribution >= 4 is 31.6 Å². The molecule has 0 saturated heterocycles. The topological polar surface area (TPSA) is 98.0 Å². The van der Waals surface area contributed by atoms with Crippen LogP contribution >= 0.6 is 11.3 Å². The predicted molar refractivity (Wildman–Crippen MR) is 104 cm³/mol. The molecule has 0 fully saturated rings. The average Bonchev–Trinajstić information content (AvgIpc) is 3.28. The van der Waals surface area contributed by atoms with Gasteiger partial charge >= 0.3 is 0 Å². The van der Waals surface area contributed by atoms with E-state index in [2.05, 4.69) is 19.9 Å². The molecular formula is C18H15FN4O3S2. The molecule has 4 rings (SSSR count). The maximum Gasteiger partial charge on any atom is 0.231 e. The van der Waals surface area contributed by atoms with Crippen LogP contribution in [0.3, 0.4) is 0 Å². The van der Waals surface area contributed by atoms with E-state index in [0.717, 1.165) is 11.8 Å². The van der Waals surface area contributed by atoms with Crippen molar-refractivity contribution in [1.82, 2.24) is 19.9 Å². The Morgan fingerprint density at radius 3 is 2.61 bits per heavy atom. The van der Waals surface area contributed by atoms with Crippen LogP contribution in [0.5, 0.6) is 0 Å². The molecule has 2 aromatic heterocycles. The number of nitrogens with zero attached hydrogens (tertiary/aromatic N) is 3. The average molecular weight is 418 g/mol. The quantitative estimate of drug-likeness (QED) is 0.517. The lowest BCUT2D eigenvalue weighted by atomic mass is 10.1. The summed E-state index contributed by atoms with van der Waals surface area (Å²) in [6.45, 7) is -0.0826. The maximum absolute atomic E-state index is 15.0. The summed E-state index contributed by atoms with van der Waals surface area (Å²) in [4.78, 5) is 4.44. The van der Waals surface area contributed by atoms with Crippen molar-refractivity contribution in [3.05, 3.63) is 65.1 Å². The first-order valence-electron chi connectivity index (χ1n) is 8.28. The third-order valence-electron chi connectivity index (χ3n) is 3.92. The van der Waals surface area contributed by atoms with Crippen molar-refractivity contribution in [2.45, 2.75) is 13.0 Å². The van der Waals surface area contributed by atoms with Gasteiger partial charge in [-0.05, 0) is 17.7 Å². The van der Waals surface area contributed by atoms with Crippen LogP contribution < -0.4 is 4.72 Å². The van der Waals surface area contributed by atoms with Crippen LogP contribution in [0.25, 0.3) is 21.3 Å². The smallest absolute Gasteiger partial charge is 0.231 e. The fourth-order valence-electron chi connectivity index (χ4n) is 2.68. The molecule has 7 nitrogen and oxygen atoms in total. The Hall–Kier alpha value is -2.69. The molecule has 0 spiro atoms.